The van der Waals surface area contributed by atoms with Crippen molar-refractivity contribution in [1.29, 1.82) is 0 Å². The number of rotatable bonds is 5. The molecule has 0 atom stereocenters. The highest BCUT2D eigenvalue weighted by Crippen LogP contribution is 2.19. The van der Waals surface area contributed by atoms with E-state index in [9.17, 15) is 4.79 Å². The second-order valence-electron chi connectivity index (χ2n) is 5.34. The Bertz CT molecular complexity index is 450. The highest BCUT2D eigenvalue weighted by atomic mass is 16.4. The highest BCUT2D eigenvalue weighted by molar-refractivity contribution is 5.66. The van der Waals surface area contributed by atoms with Gasteiger partial charge in [0.2, 0.25) is 0 Å². The van der Waals surface area contributed by atoms with Crippen LogP contribution in [0.4, 0.5) is 5.69 Å². The molecule has 5 heteroatoms. The van der Waals surface area contributed by atoms with E-state index in [0.717, 1.165) is 45.6 Å². The van der Waals surface area contributed by atoms with E-state index < -0.39 is 5.97 Å². The molecular formula is C15H23N3O2. The van der Waals surface area contributed by atoms with Crippen molar-refractivity contribution < 1.29 is 9.90 Å². The zero-order chi connectivity index (χ0) is 14.4. The zero-order valence-electron chi connectivity index (χ0n) is 12.1. The van der Waals surface area contributed by atoms with E-state index in [1.807, 2.05) is 12.4 Å². The molecule has 1 fully saturated rings. The van der Waals surface area contributed by atoms with Crippen LogP contribution in [0.5, 0.6) is 0 Å². The molecule has 5 nitrogen and oxygen atoms in total. The summed E-state index contributed by atoms with van der Waals surface area (Å²) in [7, 11) is 0. The van der Waals surface area contributed by atoms with Crippen LogP contribution in [0.2, 0.25) is 0 Å². The van der Waals surface area contributed by atoms with Crippen molar-refractivity contribution in [3.8, 4) is 0 Å². The number of anilines is 1. The molecule has 0 radical (unpaired) electrons. The lowest BCUT2D eigenvalue weighted by Crippen LogP contribution is -2.31. The zero-order valence-corrected chi connectivity index (χ0v) is 12.1. The summed E-state index contributed by atoms with van der Waals surface area (Å²) in [5.74, 6) is -0.700. The molecule has 1 aromatic rings. The van der Waals surface area contributed by atoms with Gasteiger partial charge < -0.3 is 14.9 Å². The van der Waals surface area contributed by atoms with Crippen LogP contribution < -0.4 is 4.90 Å². The van der Waals surface area contributed by atoms with Gasteiger partial charge in [0.15, 0.2) is 0 Å². The van der Waals surface area contributed by atoms with Crippen LogP contribution in [0.1, 0.15) is 24.8 Å². The maximum Gasteiger partial charge on any atom is 0.303 e. The van der Waals surface area contributed by atoms with Crippen molar-refractivity contribution in [2.24, 2.45) is 0 Å². The molecule has 2 rings (SSSR count). The Labute approximate surface area is 120 Å². The molecule has 1 saturated heterocycles. The van der Waals surface area contributed by atoms with Crippen molar-refractivity contribution >= 4 is 11.7 Å². The molecule has 1 aliphatic rings. The van der Waals surface area contributed by atoms with Crippen LogP contribution in [-0.2, 0) is 4.79 Å². The molecule has 110 valence electrons. The molecule has 1 aliphatic heterocycles. The fraction of sp³-hybridized carbons (Fsp3) is 0.600. The summed E-state index contributed by atoms with van der Waals surface area (Å²) in [5, 5.41) is 8.69. The molecule has 2 heterocycles. The van der Waals surface area contributed by atoms with E-state index in [0.29, 0.717) is 0 Å². The Morgan fingerprint density at radius 2 is 2.20 bits per heavy atom. The van der Waals surface area contributed by atoms with Crippen molar-refractivity contribution in [3.63, 3.8) is 0 Å². The van der Waals surface area contributed by atoms with E-state index in [1.54, 1.807) is 0 Å². The van der Waals surface area contributed by atoms with E-state index in [2.05, 4.69) is 27.8 Å². The molecule has 0 aromatic carbocycles. The second-order valence-corrected chi connectivity index (χ2v) is 5.34. The average molecular weight is 277 g/mol. The number of nitrogens with zero attached hydrogens (tertiary/aromatic N) is 3. The lowest BCUT2D eigenvalue weighted by Gasteiger charge is -2.24. The predicted octanol–water partition coefficient (Wildman–Crippen LogP) is 1.77. The minimum absolute atomic E-state index is 0.268. The third kappa shape index (κ3) is 4.20. The molecule has 0 unspecified atom stereocenters. The van der Waals surface area contributed by atoms with Gasteiger partial charge in [-0.2, -0.15) is 0 Å². The minimum atomic E-state index is -0.700. The first-order valence-electron chi connectivity index (χ1n) is 7.26. The number of carboxylic acids is 1. The van der Waals surface area contributed by atoms with Crippen molar-refractivity contribution in [2.45, 2.75) is 26.2 Å². The molecule has 0 saturated carbocycles. The summed E-state index contributed by atoms with van der Waals surface area (Å²) >= 11 is 0. The van der Waals surface area contributed by atoms with Crippen LogP contribution in [0.3, 0.4) is 0 Å². The SMILES string of the molecule is Cc1cnccc1N1CCCN(CCCC(=O)O)CC1. The smallest absolute Gasteiger partial charge is 0.303 e. The minimum Gasteiger partial charge on any atom is -0.481 e. The third-order valence-electron chi connectivity index (χ3n) is 3.78. The molecule has 0 amide bonds. The van der Waals surface area contributed by atoms with Crippen molar-refractivity contribution in [3.05, 3.63) is 24.0 Å². The largest absolute Gasteiger partial charge is 0.481 e. The van der Waals surface area contributed by atoms with Crippen molar-refractivity contribution in [2.75, 3.05) is 37.6 Å². The topological polar surface area (TPSA) is 56.7 Å². The fourth-order valence-electron chi connectivity index (χ4n) is 2.71. The van der Waals surface area contributed by atoms with Gasteiger partial charge in [-0.05, 0) is 44.5 Å². The van der Waals surface area contributed by atoms with E-state index >= 15 is 0 Å². The third-order valence-corrected chi connectivity index (χ3v) is 3.78. The number of aromatic nitrogens is 1. The fourth-order valence-corrected chi connectivity index (χ4v) is 2.71. The first kappa shape index (κ1) is 14.8. The Balaban J connectivity index is 1.86. The summed E-state index contributed by atoms with van der Waals surface area (Å²) in [6, 6.07) is 2.08. The summed E-state index contributed by atoms with van der Waals surface area (Å²) < 4.78 is 0. The molecule has 0 spiro atoms. The summed E-state index contributed by atoms with van der Waals surface area (Å²) in [6.45, 7) is 7.09. The number of hydrogen-bond donors (Lipinski definition) is 1. The van der Waals surface area contributed by atoms with Crippen LogP contribution >= 0.6 is 0 Å². The normalized spacial score (nSPS) is 16.9. The van der Waals surface area contributed by atoms with Crippen LogP contribution in [0.25, 0.3) is 0 Å². The first-order valence-corrected chi connectivity index (χ1v) is 7.26. The van der Waals surface area contributed by atoms with Gasteiger partial charge in [-0.15, -0.1) is 0 Å². The van der Waals surface area contributed by atoms with Gasteiger partial charge in [0.1, 0.15) is 0 Å². The Hall–Kier alpha value is -1.62. The number of pyridine rings is 1. The number of carbonyl (C=O) groups is 1. The van der Waals surface area contributed by atoms with Gasteiger partial charge in [0.25, 0.3) is 0 Å². The van der Waals surface area contributed by atoms with E-state index in [-0.39, 0.29) is 6.42 Å². The van der Waals surface area contributed by atoms with Crippen LogP contribution in [0.15, 0.2) is 18.5 Å². The second kappa shape index (κ2) is 7.24. The maximum atomic E-state index is 10.6. The first-order chi connectivity index (χ1) is 9.66. The monoisotopic (exact) mass is 277 g/mol. The van der Waals surface area contributed by atoms with E-state index in [4.69, 9.17) is 5.11 Å². The van der Waals surface area contributed by atoms with Gasteiger partial charge >= 0.3 is 5.97 Å². The predicted molar refractivity (Wildman–Crippen MR) is 79.1 cm³/mol. The molecule has 20 heavy (non-hydrogen) atoms. The summed E-state index contributed by atoms with van der Waals surface area (Å²) in [5.41, 5.74) is 2.49. The van der Waals surface area contributed by atoms with Gasteiger partial charge in [-0.1, -0.05) is 0 Å². The molecule has 1 N–H and O–H groups in total. The molecule has 0 aliphatic carbocycles. The maximum absolute atomic E-state index is 10.6. The number of aliphatic carboxylic acids is 1. The van der Waals surface area contributed by atoms with Gasteiger partial charge in [-0.25, -0.2) is 0 Å². The summed E-state index contributed by atoms with van der Waals surface area (Å²) in [6.07, 6.45) is 5.88. The number of aryl methyl sites for hydroxylation is 1. The lowest BCUT2D eigenvalue weighted by molar-refractivity contribution is -0.137. The Morgan fingerprint density at radius 1 is 1.35 bits per heavy atom. The van der Waals surface area contributed by atoms with Crippen LogP contribution in [-0.4, -0.2) is 53.7 Å². The van der Waals surface area contributed by atoms with Crippen molar-refractivity contribution in [1.82, 2.24) is 9.88 Å². The highest BCUT2D eigenvalue weighted by Gasteiger charge is 2.16. The quantitative estimate of drug-likeness (QED) is 0.889. The standard InChI is InChI=1S/C15H23N3O2/c1-13-12-16-6-5-14(13)18-9-3-8-17(10-11-18)7-2-4-15(19)20/h5-6,12H,2-4,7-11H2,1H3,(H,19,20). The van der Waals surface area contributed by atoms with Gasteiger partial charge in [-0.3, -0.25) is 9.78 Å². The van der Waals surface area contributed by atoms with Gasteiger partial charge in [0, 0.05) is 44.1 Å². The van der Waals surface area contributed by atoms with E-state index in [1.165, 1.54) is 11.3 Å². The molecule has 1 aromatic heterocycles. The van der Waals surface area contributed by atoms with Crippen LogP contribution in [0, 0.1) is 6.92 Å². The summed E-state index contributed by atoms with van der Waals surface area (Å²) in [4.78, 5) is 19.5. The average Bonchev–Trinajstić information content (AvgIpc) is 2.65. The molecule has 0 bridgehead atoms. The van der Waals surface area contributed by atoms with Gasteiger partial charge in [0.05, 0.1) is 0 Å². The number of carboxylic acid groups (broad SMARTS) is 1. The number of hydrogen-bond acceptors (Lipinski definition) is 4. The molecular weight excluding hydrogens is 254 g/mol. The Kier molecular flexibility index (Phi) is 5.35. The Morgan fingerprint density at radius 3 is 2.95 bits per heavy atom. The lowest BCUT2D eigenvalue weighted by atomic mass is 10.2.